The SMILES string of the molecule is O=S(=O)(c1ccccn1)N1CC2=C(CCC2)C1. The third kappa shape index (κ3) is 1.79. The van der Waals surface area contributed by atoms with E-state index in [0.717, 1.165) is 12.8 Å². The predicted molar refractivity (Wildman–Crippen MR) is 63.9 cm³/mol. The van der Waals surface area contributed by atoms with Gasteiger partial charge in [0.2, 0.25) is 0 Å². The third-order valence-electron chi connectivity index (χ3n) is 3.43. The zero-order chi connectivity index (χ0) is 11.9. The summed E-state index contributed by atoms with van der Waals surface area (Å²) in [4.78, 5) is 3.94. The molecule has 2 aliphatic rings. The Morgan fingerprint density at radius 2 is 1.82 bits per heavy atom. The highest BCUT2D eigenvalue weighted by Crippen LogP contribution is 2.34. The average Bonchev–Trinajstić information content (AvgIpc) is 2.90. The Labute approximate surface area is 101 Å². The molecule has 5 heteroatoms. The first-order valence-corrected chi connectivity index (χ1v) is 7.23. The molecule has 17 heavy (non-hydrogen) atoms. The van der Waals surface area contributed by atoms with Crippen molar-refractivity contribution >= 4 is 10.0 Å². The second kappa shape index (κ2) is 3.92. The standard InChI is InChI=1S/C12H14N2O2S/c15-17(16,12-6-1-2-7-13-12)14-8-10-4-3-5-11(10)9-14/h1-2,6-7H,3-5,8-9H2. The first-order chi connectivity index (χ1) is 8.18. The Morgan fingerprint density at radius 3 is 2.41 bits per heavy atom. The van der Waals surface area contributed by atoms with Crippen molar-refractivity contribution in [1.29, 1.82) is 0 Å². The van der Waals surface area contributed by atoms with Crippen LogP contribution >= 0.6 is 0 Å². The van der Waals surface area contributed by atoms with Crippen LogP contribution in [0.5, 0.6) is 0 Å². The molecule has 1 aliphatic heterocycles. The Morgan fingerprint density at radius 1 is 1.12 bits per heavy atom. The first kappa shape index (κ1) is 10.9. The molecule has 0 aromatic carbocycles. The van der Waals surface area contributed by atoms with E-state index in [9.17, 15) is 8.42 Å². The first-order valence-electron chi connectivity index (χ1n) is 5.79. The van der Waals surface area contributed by atoms with E-state index in [1.807, 2.05) is 0 Å². The van der Waals surface area contributed by atoms with Crippen LogP contribution in [0, 0.1) is 0 Å². The van der Waals surface area contributed by atoms with Gasteiger partial charge in [0.25, 0.3) is 10.0 Å². The van der Waals surface area contributed by atoms with Gasteiger partial charge < -0.3 is 0 Å². The highest BCUT2D eigenvalue weighted by molar-refractivity contribution is 7.89. The molecule has 0 atom stereocenters. The second-order valence-corrected chi connectivity index (χ2v) is 6.39. The molecule has 0 fully saturated rings. The van der Waals surface area contributed by atoms with Crippen molar-refractivity contribution in [3.8, 4) is 0 Å². The van der Waals surface area contributed by atoms with E-state index in [1.165, 1.54) is 23.8 Å². The lowest BCUT2D eigenvalue weighted by Crippen LogP contribution is -2.30. The maximum absolute atomic E-state index is 12.3. The molecule has 1 aliphatic carbocycles. The van der Waals surface area contributed by atoms with Crippen molar-refractivity contribution in [3.63, 3.8) is 0 Å². The molecule has 0 bridgehead atoms. The molecule has 0 radical (unpaired) electrons. The largest absolute Gasteiger partial charge is 0.261 e. The Balaban J connectivity index is 1.87. The minimum absolute atomic E-state index is 0.154. The molecule has 0 saturated carbocycles. The highest BCUT2D eigenvalue weighted by Gasteiger charge is 2.34. The van der Waals surface area contributed by atoms with E-state index >= 15 is 0 Å². The minimum atomic E-state index is -3.40. The summed E-state index contributed by atoms with van der Waals surface area (Å²) in [5.74, 6) is 0. The van der Waals surface area contributed by atoms with Gasteiger partial charge in [-0.25, -0.2) is 13.4 Å². The Hall–Kier alpha value is -1.20. The van der Waals surface area contributed by atoms with Gasteiger partial charge in [-0.3, -0.25) is 0 Å². The van der Waals surface area contributed by atoms with Crippen molar-refractivity contribution in [3.05, 3.63) is 35.5 Å². The van der Waals surface area contributed by atoms with E-state index in [4.69, 9.17) is 0 Å². The number of aromatic nitrogens is 1. The normalized spacial score (nSPS) is 20.9. The molecule has 1 aromatic rings. The molecular weight excluding hydrogens is 236 g/mol. The fourth-order valence-corrected chi connectivity index (χ4v) is 3.89. The van der Waals surface area contributed by atoms with Crippen molar-refractivity contribution in [2.45, 2.75) is 24.3 Å². The Bertz CT molecular complexity index is 547. The van der Waals surface area contributed by atoms with Gasteiger partial charge in [0, 0.05) is 19.3 Å². The molecule has 3 rings (SSSR count). The lowest BCUT2D eigenvalue weighted by atomic mass is 10.2. The van der Waals surface area contributed by atoms with Crippen molar-refractivity contribution in [2.24, 2.45) is 0 Å². The van der Waals surface area contributed by atoms with E-state index in [0.29, 0.717) is 13.1 Å². The minimum Gasteiger partial charge on any atom is -0.243 e. The van der Waals surface area contributed by atoms with Gasteiger partial charge in [0.1, 0.15) is 0 Å². The van der Waals surface area contributed by atoms with Crippen LogP contribution in [0.3, 0.4) is 0 Å². The van der Waals surface area contributed by atoms with Crippen molar-refractivity contribution < 1.29 is 8.42 Å². The lowest BCUT2D eigenvalue weighted by molar-refractivity contribution is 0.469. The molecule has 0 amide bonds. The number of pyridine rings is 1. The summed E-state index contributed by atoms with van der Waals surface area (Å²) in [7, 11) is -3.40. The van der Waals surface area contributed by atoms with Crippen LogP contribution in [0.1, 0.15) is 19.3 Å². The van der Waals surface area contributed by atoms with Crippen LogP contribution in [-0.4, -0.2) is 30.8 Å². The van der Waals surface area contributed by atoms with Crippen LogP contribution in [0.25, 0.3) is 0 Å². The van der Waals surface area contributed by atoms with Crippen molar-refractivity contribution in [2.75, 3.05) is 13.1 Å². The summed E-state index contributed by atoms with van der Waals surface area (Å²) in [5.41, 5.74) is 2.65. The third-order valence-corrected chi connectivity index (χ3v) is 5.14. The molecule has 0 saturated heterocycles. The lowest BCUT2D eigenvalue weighted by Gasteiger charge is -2.17. The molecular formula is C12H14N2O2S. The Kier molecular flexibility index (Phi) is 2.52. The fraction of sp³-hybridized carbons (Fsp3) is 0.417. The van der Waals surface area contributed by atoms with Crippen LogP contribution in [0.15, 0.2) is 40.6 Å². The second-order valence-electron chi connectivity index (χ2n) is 4.50. The molecule has 1 aromatic heterocycles. The number of rotatable bonds is 2. The number of sulfonamides is 1. The quantitative estimate of drug-likeness (QED) is 0.749. The van der Waals surface area contributed by atoms with Gasteiger partial charge in [0.05, 0.1) is 0 Å². The summed E-state index contributed by atoms with van der Waals surface area (Å²) >= 11 is 0. The summed E-state index contributed by atoms with van der Waals surface area (Å²) in [5, 5.41) is 0.154. The maximum atomic E-state index is 12.3. The smallest absolute Gasteiger partial charge is 0.243 e. The highest BCUT2D eigenvalue weighted by atomic mass is 32.2. The predicted octanol–water partition coefficient (Wildman–Crippen LogP) is 1.57. The molecule has 0 unspecified atom stereocenters. The van der Waals surface area contributed by atoms with Gasteiger partial charge >= 0.3 is 0 Å². The maximum Gasteiger partial charge on any atom is 0.261 e. The van der Waals surface area contributed by atoms with Crippen LogP contribution in [0.4, 0.5) is 0 Å². The van der Waals surface area contributed by atoms with E-state index < -0.39 is 10.0 Å². The van der Waals surface area contributed by atoms with Gasteiger partial charge in [0.15, 0.2) is 5.03 Å². The summed E-state index contributed by atoms with van der Waals surface area (Å²) in [6.45, 7) is 1.13. The topological polar surface area (TPSA) is 50.3 Å². The molecule has 4 nitrogen and oxygen atoms in total. The van der Waals surface area contributed by atoms with E-state index in [1.54, 1.807) is 22.5 Å². The van der Waals surface area contributed by atoms with E-state index in [-0.39, 0.29) is 5.03 Å². The number of hydrogen-bond donors (Lipinski definition) is 0. The monoisotopic (exact) mass is 250 g/mol. The fourth-order valence-electron chi connectivity index (χ4n) is 2.53. The van der Waals surface area contributed by atoms with E-state index in [2.05, 4.69) is 4.98 Å². The molecule has 0 N–H and O–H groups in total. The van der Waals surface area contributed by atoms with Gasteiger partial charge in [-0.1, -0.05) is 17.2 Å². The van der Waals surface area contributed by atoms with Gasteiger partial charge in [-0.15, -0.1) is 0 Å². The molecule has 0 spiro atoms. The van der Waals surface area contributed by atoms with Crippen molar-refractivity contribution in [1.82, 2.24) is 9.29 Å². The van der Waals surface area contributed by atoms with Gasteiger partial charge in [-0.05, 0) is 31.4 Å². The zero-order valence-corrected chi connectivity index (χ0v) is 10.3. The molecule has 2 heterocycles. The summed E-state index contributed by atoms with van der Waals surface area (Å²) < 4.78 is 26.1. The van der Waals surface area contributed by atoms with Crippen LogP contribution in [-0.2, 0) is 10.0 Å². The number of nitrogens with zero attached hydrogens (tertiary/aromatic N) is 2. The summed E-state index contributed by atoms with van der Waals surface area (Å²) in [6.07, 6.45) is 4.82. The van der Waals surface area contributed by atoms with Gasteiger partial charge in [-0.2, -0.15) is 4.31 Å². The van der Waals surface area contributed by atoms with Crippen LogP contribution in [0.2, 0.25) is 0 Å². The average molecular weight is 250 g/mol. The van der Waals surface area contributed by atoms with Crippen LogP contribution < -0.4 is 0 Å². The number of hydrogen-bond acceptors (Lipinski definition) is 3. The zero-order valence-electron chi connectivity index (χ0n) is 9.46. The molecule has 90 valence electrons. The summed E-state index contributed by atoms with van der Waals surface area (Å²) in [6, 6.07) is 4.98.